The fourth-order valence-corrected chi connectivity index (χ4v) is 5.36. The number of nitrogens with zero attached hydrogens (tertiary/aromatic N) is 1. The van der Waals surface area contributed by atoms with E-state index in [1.165, 1.54) is 24.6 Å². The van der Waals surface area contributed by atoms with Crippen molar-refractivity contribution in [2.24, 2.45) is 5.73 Å². The maximum Gasteiger partial charge on any atom is 0.244 e. The third-order valence-corrected chi connectivity index (χ3v) is 6.85. The van der Waals surface area contributed by atoms with Crippen LogP contribution in [0.5, 0.6) is 11.5 Å². The van der Waals surface area contributed by atoms with Gasteiger partial charge in [-0.2, -0.15) is 4.31 Å². The molecule has 2 N–H and O–H groups in total. The van der Waals surface area contributed by atoms with E-state index in [4.69, 9.17) is 15.2 Å². The van der Waals surface area contributed by atoms with Crippen LogP contribution in [0.3, 0.4) is 0 Å². The van der Waals surface area contributed by atoms with E-state index in [1.807, 2.05) is 6.92 Å². The number of nitrogens with two attached hydrogens (primary N) is 1. The largest absolute Gasteiger partial charge is 0.493 e. The number of piperidine rings is 1. The topological polar surface area (TPSA) is 81.9 Å². The quantitative estimate of drug-likeness (QED) is 0.846. The predicted octanol–water partition coefficient (Wildman–Crippen LogP) is 1.97. The number of hydrogen-bond donors (Lipinski definition) is 1. The molecule has 1 fully saturated rings. The normalized spacial score (nSPS) is 23.3. The van der Waals surface area contributed by atoms with E-state index in [9.17, 15) is 8.42 Å². The zero-order valence-corrected chi connectivity index (χ0v) is 15.3. The van der Waals surface area contributed by atoms with Crippen molar-refractivity contribution in [3.05, 3.63) is 16.6 Å². The van der Waals surface area contributed by atoms with Crippen LogP contribution in [0.2, 0.25) is 0 Å². The second kappa shape index (κ2) is 6.74. The lowest BCUT2D eigenvalue weighted by molar-refractivity contribution is 0.247. The molecule has 8 heteroatoms. The fourth-order valence-electron chi connectivity index (χ4n) is 2.70. The van der Waals surface area contributed by atoms with Crippen LogP contribution in [0.25, 0.3) is 0 Å². The first-order valence-electron chi connectivity index (χ1n) is 7.00. The Hall–Kier alpha value is -0.830. The summed E-state index contributed by atoms with van der Waals surface area (Å²) in [6.07, 6.45) is 1.32. The maximum absolute atomic E-state index is 13.0. The Kier molecular flexibility index (Phi) is 5.37. The number of halogens is 1. The zero-order valence-electron chi connectivity index (χ0n) is 12.9. The van der Waals surface area contributed by atoms with Crippen LogP contribution in [0.4, 0.5) is 0 Å². The molecule has 0 saturated carbocycles. The van der Waals surface area contributed by atoms with Gasteiger partial charge in [0, 0.05) is 29.2 Å². The zero-order chi connectivity index (χ0) is 16.5. The Morgan fingerprint density at radius 2 is 1.86 bits per heavy atom. The van der Waals surface area contributed by atoms with Crippen LogP contribution in [0.15, 0.2) is 21.5 Å². The number of benzene rings is 1. The van der Waals surface area contributed by atoms with E-state index < -0.39 is 10.0 Å². The van der Waals surface area contributed by atoms with Crippen molar-refractivity contribution >= 4 is 26.0 Å². The third kappa shape index (κ3) is 3.24. The van der Waals surface area contributed by atoms with Crippen molar-refractivity contribution in [3.8, 4) is 11.5 Å². The van der Waals surface area contributed by atoms with Crippen LogP contribution >= 0.6 is 15.9 Å². The van der Waals surface area contributed by atoms with Gasteiger partial charge in [-0.15, -0.1) is 0 Å². The minimum absolute atomic E-state index is 0.0512. The van der Waals surface area contributed by atoms with Gasteiger partial charge in [-0.25, -0.2) is 8.42 Å². The number of methoxy groups -OCH3 is 2. The molecule has 124 valence electrons. The Bertz CT molecular complexity index is 650. The van der Waals surface area contributed by atoms with Gasteiger partial charge in [-0.3, -0.25) is 0 Å². The molecule has 0 radical (unpaired) electrons. The highest BCUT2D eigenvalue weighted by Crippen LogP contribution is 2.37. The molecule has 0 unspecified atom stereocenters. The first-order chi connectivity index (χ1) is 10.3. The Morgan fingerprint density at radius 1 is 1.27 bits per heavy atom. The molecule has 0 amide bonds. The van der Waals surface area contributed by atoms with E-state index in [0.29, 0.717) is 35.4 Å². The van der Waals surface area contributed by atoms with Crippen LogP contribution in [-0.4, -0.2) is 45.6 Å². The molecule has 0 bridgehead atoms. The van der Waals surface area contributed by atoms with Gasteiger partial charge >= 0.3 is 0 Å². The number of rotatable bonds is 4. The molecule has 1 heterocycles. The minimum atomic E-state index is -3.63. The maximum atomic E-state index is 13.0. The van der Waals surface area contributed by atoms with E-state index in [2.05, 4.69) is 15.9 Å². The Balaban J connectivity index is 2.45. The summed E-state index contributed by atoms with van der Waals surface area (Å²) in [6.45, 7) is 2.30. The molecular formula is C14H21BrN2O4S. The van der Waals surface area contributed by atoms with Gasteiger partial charge in [0.1, 0.15) is 4.90 Å². The lowest BCUT2D eigenvalue weighted by atomic mass is 10.0. The van der Waals surface area contributed by atoms with E-state index in [1.54, 1.807) is 6.07 Å². The highest BCUT2D eigenvalue weighted by atomic mass is 79.9. The van der Waals surface area contributed by atoms with Gasteiger partial charge in [0.25, 0.3) is 0 Å². The minimum Gasteiger partial charge on any atom is -0.493 e. The number of sulfonamides is 1. The Morgan fingerprint density at radius 3 is 2.41 bits per heavy atom. The third-order valence-electron chi connectivity index (χ3n) is 3.88. The monoisotopic (exact) mass is 392 g/mol. The van der Waals surface area contributed by atoms with Gasteiger partial charge in [-0.05, 0) is 41.8 Å². The average Bonchev–Trinajstić information content (AvgIpc) is 2.46. The number of ether oxygens (including phenoxy) is 2. The fraction of sp³-hybridized carbons (Fsp3) is 0.571. The van der Waals surface area contributed by atoms with Gasteiger partial charge in [0.2, 0.25) is 10.0 Å². The summed E-state index contributed by atoms with van der Waals surface area (Å²) in [5.41, 5.74) is 5.92. The molecule has 1 aromatic carbocycles. The summed E-state index contributed by atoms with van der Waals surface area (Å²) >= 11 is 3.32. The van der Waals surface area contributed by atoms with Crippen LogP contribution < -0.4 is 15.2 Å². The molecule has 1 aliphatic heterocycles. The summed E-state index contributed by atoms with van der Waals surface area (Å²) in [5, 5.41) is 0. The molecule has 1 aromatic rings. The predicted molar refractivity (Wildman–Crippen MR) is 87.8 cm³/mol. The van der Waals surface area contributed by atoms with E-state index in [-0.39, 0.29) is 17.0 Å². The van der Waals surface area contributed by atoms with Crippen molar-refractivity contribution in [1.82, 2.24) is 4.31 Å². The second-order valence-electron chi connectivity index (χ2n) is 5.39. The van der Waals surface area contributed by atoms with Gasteiger partial charge in [-0.1, -0.05) is 0 Å². The standard InChI is InChI=1S/C14H21BrN2O4S/c1-9-6-10(16)4-5-17(9)22(18,19)14-8-13(21-3)12(20-2)7-11(14)15/h7-10H,4-6,16H2,1-3H3/t9-,10+/m0/s1. The SMILES string of the molecule is COc1cc(Br)c(S(=O)(=O)N2CC[C@@H](N)C[C@@H]2C)cc1OC. The Labute approximate surface area is 139 Å². The highest BCUT2D eigenvalue weighted by Gasteiger charge is 2.35. The summed E-state index contributed by atoms with van der Waals surface area (Å²) in [7, 11) is -0.644. The average molecular weight is 393 g/mol. The molecule has 0 aromatic heterocycles. The van der Waals surface area contributed by atoms with Crippen molar-refractivity contribution in [1.29, 1.82) is 0 Å². The van der Waals surface area contributed by atoms with Crippen LogP contribution in [0, 0.1) is 0 Å². The molecule has 1 saturated heterocycles. The van der Waals surface area contributed by atoms with Crippen LogP contribution in [0.1, 0.15) is 19.8 Å². The van der Waals surface area contributed by atoms with Crippen molar-refractivity contribution in [3.63, 3.8) is 0 Å². The number of hydrogen-bond acceptors (Lipinski definition) is 5. The summed E-state index contributed by atoms with van der Waals surface area (Å²) in [4.78, 5) is 0.174. The van der Waals surface area contributed by atoms with E-state index >= 15 is 0 Å². The van der Waals surface area contributed by atoms with Crippen molar-refractivity contribution in [2.75, 3.05) is 20.8 Å². The molecule has 0 aliphatic carbocycles. The molecule has 2 atom stereocenters. The summed E-state index contributed by atoms with van der Waals surface area (Å²) in [5.74, 6) is 0.854. The summed E-state index contributed by atoms with van der Waals surface area (Å²) < 4.78 is 38.3. The van der Waals surface area contributed by atoms with Gasteiger partial charge in [0.15, 0.2) is 11.5 Å². The highest BCUT2D eigenvalue weighted by molar-refractivity contribution is 9.10. The van der Waals surface area contributed by atoms with Gasteiger partial charge in [0.05, 0.1) is 14.2 Å². The second-order valence-corrected chi connectivity index (χ2v) is 8.10. The first kappa shape index (κ1) is 17.5. The lowest BCUT2D eigenvalue weighted by Crippen LogP contribution is -2.48. The molecule has 1 aliphatic rings. The lowest BCUT2D eigenvalue weighted by Gasteiger charge is -2.35. The molecule has 2 rings (SSSR count). The van der Waals surface area contributed by atoms with E-state index in [0.717, 1.165) is 0 Å². The van der Waals surface area contributed by atoms with Crippen molar-refractivity contribution < 1.29 is 17.9 Å². The van der Waals surface area contributed by atoms with Gasteiger partial charge < -0.3 is 15.2 Å². The smallest absolute Gasteiger partial charge is 0.244 e. The molecule has 0 spiro atoms. The summed E-state index contributed by atoms with van der Waals surface area (Å²) in [6, 6.07) is 3.01. The van der Waals surface area contributed by atoms with Crippen LogP contribution in [-0.2, 0) is 10.0 Å². The molecule has 6 nitrogen and oxygen atoms in total. The van der Waals surface area contributed by atoms with Crippen molar-refractivity contribution in [2.45, 2.75) is 36.7 Å². The molecular weight excluding hydrogens is 372 g/mol. The molecule has 22 heavy (non-hydrogen) atoms. The first-order valence-corrected chi connectivity index (χ1v) is 9.23.